The largest absolute Gasteiger partial charge is 0.300 e. The first kappa shape index (κ1) is 9.88. The Hall–Kier alpha value is -0.660. The summed E-state index contributed by atoms with van der Waals surface area (Å²) in [4.78, 5) is 23.2. The Bertz CT molecular complexity index is 239. The van der Waals surface area contributed by atoms with Crippen molar-refractivity contribution in [3.05, 3.63) is 0 Å². The number of hydrogen-bond donors (Lipinski definition) is 0. The third-order valence-corrected chi connectivity index (χ3v) is 3.64. The van der Waals surface area contributed by atoms with Crippen molar-refractivity contribution >= 4 is 11.6 Å². The maximum absolute atomic E-state index is 12.0. The fourth-order valence-corrected chi connectivity index (χ4v) is 2.81. The standard InChI is InChI=1S/C12H18O2/c13-11-7-3-6-10(8-11)12(14)9-4-1-2-5-9/h9-10H,1-8H2. The maximum atomic E-state index is 12.0. The minimum atomic E-state index is 0.0827. The molecule has 14 heavy (non-hydrogen) atoms. The van der Waals surface area contributed by atoms with Crippen LogP contribution in [0.25, 0.3) is 0 Å². The molecular formula is C12H18O2. The van der Waals surface area contributed by atoms with E-state index in [1.54, 1.807) is 0 Å². The summed E-state index contributed by atoms with van der Waals surface area (Å²) in [6, 6.07) is 0. The average molecular weight is 194 g/mol. The molecule has 0 aliphatic heterocycles. The van der Waals surface area contributed by atoms with Crippen molar-refractivity contribution in [2.75, 3.05) is 0 Å². The SMILES string of the molecule is O=C1CCCC(C(=O)C2CCCC2)C1. The van der Waals surface area contributed by atoms with Gasteiger partial charge in [-0.05, 0) is 25.7 Å². The number of Topliss-reactive ketones (excluding diaryl/α,β-unsaturated/α-hetero) is 2. The Morgan fingerprint density at radius 1 is 1.00 bits per heavy atom. The second-order valence-electron chi connectivity index (χ2n) is 4.72. The van der Waals surface area contributed by atoms with E-state index in [1.807, 2.05) is 0 Å². The van der Waals surface area contributed by atoms with Gasteiger partial charge >= 0.3 is 0 Å². The van der Waals surface area contributed by atoms with Crippen molar-refractivity contribution in [3.8, 4) is 0 Å². The molecule has 0 amide bonds. The summed E-state index contributed by atoms with van der Waals surface area (Å²) >= 11 is 0. The molecule has 1 atom stereocenters. The summed E-state index contributed by atoms with van der Waals surface area (Å²) in [5, 5.41) is 0. The lowest BCUT2D eigenvalue weighted by atomic mass is 9.80. The molecule has 2 aliphatic rings. The average Bonchev–Trinajstić information content (AvgIpc) is 2.69. The summed E-state index contributed by atoms with van der Waals surface area (Å²) in [5.74, 6) is 1.08. The van der Waals surface area contributed by atoms with Crippen LogP contribution in [-0.4, -0.2) is 11.6 Å². The number of rotatable bonds is 2. The molecule has 0 saturated heterocycles. The summed E-state index contributed by atoms with van der Waals surface area (Å²) in [7, 11) is 0. The summed E-state index contributed by atoms with van der Waals surface area (Å²) in [6.07, 6.45) is 7.69. The van der Waals surface area contributed by atoms with Crippen LogP contribution in [0, 0.1) is 11.8 Å². The highest BCUT2D eigenvalue weighted by Gasteiger charge is 2.31. The normalized spacial score (nSPS) is 29.4. The van der Waals surface area contributed by atoms with E-state index in [2.05, 4.69) is 0 Å². The van der Waals surface area contributed by atoms with Gasteiger partial charge in [-0.15, -0.1) is 0 Å². The highest BCUT2D eigenvalue weighted by Crippen LogP contribution is 2.32. The first-order valence-electron chi connectivity index (χ1n) is 5.83. The van der Waals surface area contributed by atoms with Gasteiger partial charge in [0, 0.05) is 24.7 Å². The molecule has 2 saturated carbocycles. The Balaban J connectivity index is 1.92. The molecule has 0 aromatic heterocycles. The van der Waals surface area contributed by atoms with E-state index in [0.29, 0.717) is 30.3 Å². The van der Waals surface area contributed by atoms with Gasteiger partial charge < -0.3 is 0 Å². The molecule has 78 valence electrons. The van der Waals surface area contributed by atoms with E-state index in [-0.39, 0.29) is 5.92 Å². The highest BCUT2D eigenvalue weighted by molar-refractivity contribution is 5.90. The van der Waals surface area contributed by atoms with E-state index >= 15 is 0 Å². The minimum Gasteiger partial charge on any atom is -0.300 e. The molecule has 2 nitrogen and oxygen atoms in total. The third kappa shape index (κ3) is 2.05. The lowest BCUT2D eigenvalue weighted by molar-refractivity contribution is -0.132. The van der Waals surface area contributed by atoms with Gasteiger partial charge in [0.25, 0.3) is 0 Å². The summed E-state index contributed by atoms with van der Waals surface area (Å²) in [5.41, 5.74) is 0. The Labute approximate surface area is 85.1 Å². The van der Waals surface area contributed by atoms with Gasteiger partial charge in [0.15, 0.2) is 0 Å². The summed E-state index contributed by atoms with van der Waals surface area (Å²) < 4.78 is 0. The fraction of sp³-hybridized carbons (Fsp3) is 0.833. The first-order valence-corrected chi connectivity index (χ1v) is 5.83. The number of ketones is 2. The fourth-order valence-electron chi connectivity index (χ4n) is 2.81. The van der Waals surface area contributed by atoms with Crippen molar-refractivity contribution < 1.29 is 9.59 Å². The first-order chi connectivity index (χ1) is 6.77. The molecule has 0 aromatic carbocycles. The minimum absolute atomic E-state index is 0.0827. The van der Waals surface area contributed by atoms with Gasteiger partial charge in [-0.2, -0.15) is 0 Å². The van der Waals surface area contributed by atoms with Gasteiger partial charge in [0.2, 0.25) is 0 Å². The molecule has 2 aliphatic carbocycles. The van der Waals surface area contributed by atoms with Crippen LogP contribution in [-0.2, 0) is 9.59 Å². The van der Waals surface area contributed by atoms with E-state index in [1.165, 1.54) is 12.8 Å². The molecule has 2 fully saturated rings. The molecule has 2 heteroatoms. The lowest BCUT2D eigenvalue weighted by Crippen LogP contribution is -2.27. The van der Waals surface area contributed by atoms with E-state index in [4.69, 9.17) is 0 Å². The molecule has 0 aromatic rings. The van der Waals surface area contributed by atoms with Crippen molar-refractivity contribution in [2.24, 2.45) is 11.8 Å². The van der Waals surface area contributed by atoms with Gasteiger partial charge in [-0.25, -0.2) is 0 Å². The van der Waals surface area contributed by atoms with Crippen LogP contribution < -0.4 is 0 Å². The smallest absolute Gasteiger partial charge is 0.139 e. The quantitative estimate of drug-likeness (QED) is 0.676. The predicted molar refractivity (Wildman–Crippen MR) is 53.9 cm³/mol. The number of carbonyl (C=O) groups excluding carboxylic acids is 2. The van der Waals surface area contributed by atoms with Crippen molar-refractivity contribution in [1.29, 1.82) is 0 Å². The Morgan fingerprint density at radius 3 is 2.29 bits per heavy atom. The van der Waals surface area contributed by atoms with Crippen LogP contribution in [0.3, 0.4) is 0 Å². The molecule has 0 heterocycles. The highest BCUT2D eigenvalue weighted by atomic mass is 16.1. The molecule has 0 N–H and O–H groups in total. The molecule has 1 unspecified atom stereocenters. The number of hydrogen-bond acceptors (Lipinski definition) is 2. The summed E-state index contributed by atoms with van der Waals surface area (Å²) in [6.45, 7) is 0. The van der Waals surface area contributed by atoms with Crippen LogP contribution in [0.15, 0.2) is 0 Å². The van der Waals surface area contributed by atoms with Crippen LogP contribution in [0.1, 0.15) is 51.4 Å². The second-order valence-corrected chi connectivity index (χ2v) is 4.72. The zero-order chi connectivity index (χ0) is 9.97. The Morgan fingerprint density at radius 2 is 1.64 bits per heavy atom. The van der Waals surface area contributed by atoms with E-state index in [0.717, 1.165) is 25.7 Å². The van der Waals surface area contributed by atoms with Crippen LogP contribution >= 0.6 is 0 Å². The van der Waals surface area contributed by atoms with Crippen LogP contribution in [0.2, 0.25) is 0 Å². The van der Waals surface area contributed by atoms with Crippen molar-refractivity contribution in [1.82, 2.24) is 0 Å². The van der Waals surface area contributed by atoms with E-state index < -0.39 is 0 Å². The molecule has 0 radical (unpaired) electrons. The zero-order valence-corrected chi connectivity index (χ0v) is 8.63. The van der Waals surface area contributed by atoms with Gasteiger partial charge in [0.1, 0.15) is 11.6 Å². The van der Waals surface area contributed by atoms with Gasteiger partial charge in [-0.3, -0.25) is 9.59 Å². The second kappa shape index (κ2) is 4.24. The van der Waals surface area contributed by atoms with Crippen molar-refractivity contribution in [3.63, 3.8) is 0 Å². The molecule has 0 spiro atoms. The molecule has 0 bridgehead atoms. The van der Waals surface area contributed by atoms with E-state index in [9.17, 15) is 9.59 Å². The topological polar surface area (TPSA) is 34.1 Å². The lowest BCUT2D eigenvalue weighted by Gasteiger charge is -2.22. The van der Waals surface area contributed by atoms with Crippen molar-refractivity contribution in [2.45, 2.75) is 51.4 Å². The Kier molecular flexibility index (Phi) is 2.99. The van der Waals surface area contributed by atoms with Crippen LogP contribution in [0.5, 0.6) is 0 Å². The van der Waals surface area contributed by atoms with Crippen LogP contribution in [0.4, 0.5) is 0 Å². The predicted octanol–water partition coefficient (Wildman–Crippen LogP) is 2.51. The zero-order valence-electron chi connectivity index (χ0n) is 8.63. The monoisotopic (exact) mass is 194 g/mol. The van der Waals surface area contributed by atoms with Gasteiger partial charge in [-0.1, -0.05) is 12.8 Å². The third-order valence-electron chi connectivity index (χ3n) is 3.64. The molecule has 2 rings (SSSR count). The molecular weight excluding hydrogens is 176 g/mol. The maximum Gasteiger partial charge on any atom is 0.139 e. The van der Waals surface area contributed by atoms with Gasteiger partial charge in [0.05, 0.1) is 0 Å². The number of carbonyl (C=O) groups is 2.